The van der Waals surface area contributed by atoms with E-state index in [4.69, 9.17) is 14.2 Å². The van der Waals surface area contributed by atoms with Crippen molar-refractivity contribution in [3.8, 4) is 0 Å². The van der Waals surface area contributed by atoms with Gasteiger partial charge in [-0.3, -0.25) is 4.79 Å². The topological polar surface area (TPSA) is 99.1 Å². The summed E-state index contributed by atoms with van der Waals surface area (Å²) in [4.78, 5) is 36.7. The standard InChI is InChI=1S/C28H36O7/c1-15(29)33-21-14-20-25(2,3)35-22(30)10-12-27(20,5)19-9-11-26(4)17(7-8-18(26)28(19,21)6)16-13-23(31)34-24(16)32/h8,10,12-13,17,19-21,24,32H,7,9,11,14H2,1-6H3/t17-,19+,20-,21+,24-,26-,27+,28-/m0/s1. The summed E-state index contributed by atoms with van der Waals surface area (Å²) in [6.45, 7) is 12.0. The van der Waals surface area contributed by atoms with Crippen molar-refractivity contribution in [2.75, 3.05) is 0 Å². The van der Waals surface area contributed by atoms with Gasteiger partial charge in [-0.2, -0.15) is 0 Å². The molecule has 2 aliphatic heterocycles. The molecule has 0 aromatic heterocycles. The molecule has 5 rings (SSSR count). The van der Waals surface area contributed by atoms with Gasteiger partial charge in [-0.05, 0) is 62.2 Å². The Balaban J connectivity index is 1.63. The fraction of sp³-hybridized carbons (Fsp3) is 0.679. The number of aliphatic hydroxyl groups is 1. The van der Waals surface area contributed by atoms with E-state index in [0.29, 0.717) is 18.4 Å². The van der Waals surface area contributed by atoms with Gasteiger partial charge in [0.05, 0.1) is 0 Å². The van der Waals surface area contributed by atoms with Crippen LogP contribution in [0.25, 0.3) is 0 Å². The smallest absolute Gasteiger partial charge is 0.333 e. The molecule has 0 radical (unpaired) electrons. The van der Waals surface area contributed by atoms with E-state index >= 15 is 0 Å². The van der Waals surface area contributed by atoms with Gasteiger partial charge in [-0.1, -0.05) is 38.5 Å². The first-order chi connectivity index (χ1) is 16.2. The normalized spacial score (nSPS) is 45.7. The second kappa shape index (κ2) is 7.55. The number of carbonyl (C=O) groups excluding carboxylic acids is 3. The van der Waals surface area contributed by atoms with Crippen LogP contribution in [-0.4, -0.2) is 41.0 Å². The zero-order valence-electron chi connectivity index (χ0n) is 21.4. The van der Waals surface area contributed by atoms with Crippen LogP contribution in [0.2, 0.25) is 0 Å². The van der Waals surface area contributed by atoms with Crippen molar-refractivity contribution in [2.24, 2.45) is 34.0 Å². The van der Waals surface area contributed by atoms with Crippen molar-refractivity contribution in [3.05, 3.63) is 35.5 Å². The number of cyclic esters (lactones) is 2. The molecule has 7 nitrogen and oxygen atoms in total. The molecule has 0 unspecified atom stereocenters. The van der Waals surface area contributed by atoms with E-state index in [-0.39, 0.29) is 40.5 Å². The third-order valence-corrected chi connectivity index (χ3v) is 10.1. The lowest BCUT2D eigenvalue weighted by atomic mass is 9.40. The summed E-state index contributed by atoms with van der Waals surface area (Å²) in [5.74, 6) is -1.18. The van der Waals surface area contributed by atoms with Gasteiger partial charge in [0.15, 0.2) is 0 Å². The Hall–Kier alpha value is -2.41. The maximum Gasteiger partial charge on any atom is 0.333 e. The van der Waals surface area contributed by atoms with Crippen LogP contribution in [0.5, 0.6) is 0 Å². The van der Waals surface area contributed by atoms with Crippen LogP contribution in [0.1, 0.15) is 67.2 Å². The van der Waals surface area contributed by atoms with E-state index < -0.39 is 29.4 Å². The minimum absolute atomic E-state index is 0.0346. The molecular weight excluding hydrogens is 448 g/mol. The SMILES string of the molecule is CC(=O)O[C@@H]1C[C@H]2C(C)(C)OC(=O)C=C[C@]2(C)[C@H]2CC[C@]3(C)C(=CC[C@H]3C3=CC(=O)O[C@@H]3O)[C@@]21C. The highest BCUT2D eigenvalue weighted by Gasteiger charge is 2.68. The summed E-state index contributed by atoms with van der Waals surface area (Å²) in [5.41, 5.74) is -0.0342. The molecule has 0 aromatic carbocycles. The third-order valence-electron chi connectivity index (χ3n) is 10.1. The summed E-state index contributed by atoms with van der Waals surface area (Å²) < 4.78 is 17.0. The highest BCUT2D eigenvalue weighted by atomic mass is 16.6. The van der Waals surface area contributed by atoms with Crippen LogP contribution in [0, 0.1) is 34.0 Å². The molecular formula is C28H36O7. The van der Waals surface area contributed by atoms with Crippen molar-refractivity contribution >= 4 is 17.9 Å². The molecule has 1 N–H and O–H groups in total. The number of aliphatic hydroxyl groups excluding tert-OH is 1. The number of esters is 3. The van der Waals surface area contributed by atoms with Gasteiger partial charge in [0.2, 0.25) is 6.29 Å². The average molecular weight is 485 g/mol. The van der Waals surface area contributed by atoms with E-state index in [1.807, 2.05) is 19.9 Å². The predicted octanol–water partition coefficient (Wildman–Crippen LogP) is 4.01. The summed E-state index contributed by atoms with van der Waals surface area (Å²) >= 11 is 0. The van der Waals surface area contributed by atoms with E-state index in [0.717, 1.165) is 12.8 Å². The van der Waals surface area contributed by atoms with Crippen LogP contribution in [-0.2, 0) is 28.6 Å². The maximum absolute atomic E-state index is 12.5. The minimum atomic E-state index is -1.21. The van der Waals surface area contributed by atoms with E-state index in [1.165, 1.54) is 18.6 Å². The number of allylic oxidation sites excluding steroid dienone is 2. The number of hydrogen-bond donors (Lipinski definition) is 1. The molecule has 190 valence electrons. The van der Waals surface area contributed by atoms with E-state index in [9.17, 15) is 19.5 Å². The lowest BCUT2D eigenvalue weighted by molar-refractivity contribution is -0.200. The first-order valence-electron chi connectivity index (χ1n) is 12.6. The number of hydrogen-bond acceptors (Lipinski definition) is 7. The molecule has 35 heavy (non-hydrogen) atoms. The first-order valence-corrected chi connectivity index (χ1v) is 12.6. The fourth-order valence-electron chi connectivity index (χ4n) is 8.75. The number of ether oxygens (including phenoxy) is 3. The average Bonchev–Trinajstić information content (AvgIpc) is 3.23. The number of rotatable bonds is 2. The van der Waals surface area contributed by atoms with Crippen molar-refractivity contribution < 1.29 is 33.7 Å². The molecule has 7 heteroatoms. The van der Waals surface area contributed by atoms with Crippen LogP contribution >= 0.6 is 0 Å². The second-order valence-electron chi connectivity index (χ2n) is 12.2. The lowest BCUT2D eigenvalue weighted by Gasteiger charge is -2.65. The van der Waals surface area contributed by atoms with Crippen molar-refractivity contribution in [2.45, 2.75) is 85.2 Å². The molecule has 0 amide bonds. The van der Waals surface area contributed by atoms with Crippen LogP contribution in [0.4, 0.5) is 0 Å². The predicted molar refractivity (Wildman–Crippen MR) is 126 cm³/mol. The molecule has 2 heterocycles. The summed E-state index contributed by atoms with van der Waals surface area (Å²) in [6, 6.07) is 0. The maximum atomic E-state index is 12.5. The van der Waals surface area contributed by atoms with E-state index in [2.05, 4.69) is 26.8 Å². The Kier molecular flexibility index (Phi) is 5.24. The molecule has 0 saturated heterocycles. The second-order valence-corrected chi connectivity index (χ2v) is 12.2. The largest absolute Gasteiger partial charge is 0.462 e. The van der Waals surface area contributed by atoms with Gasteiger partial charge in [0.1, 0.15) is 11.7 Å². The van der Waals surface area contributed by atoms with E-state index in [1.54, 1.807) is 6.08 Å². The van der Waals surface area contributed by atoms with Gasteiger partial charge in [-0.15, -0.1) is 0 Å². The molecule has 2 fully saturated rings. The third kappa shape index (κ3) is 3.30. The van der Waals surface area contributed by atoms with Crippen LogP contribution in [0.3, 0.4) is 0 Å². The van der Waals surface area contributed by atoms with Gasteiger partial charge >= 0.3 is 17.9 Å². The molecule has 0 bridgehead atoms. The Morgan fingerprint density at radius 2 is 1.83 bits per heavy atom. The Morgan fingerprint density at radius 1 is 1.11 bits per heavy atom. The monoisotopic (exact) mass is 484 g/mol. The summed E-state index contributed by atoms with van der Waals surface area (Å²) in [6.07, 6.45) is 8.62. The molecule has 5 aliphatic rings. The quantitative estimate of drug-likeness (QED) is 0.359. The van der Waals surface area contributed by atoms with Gasteiger partial charge in [0.25, 0.3) is 0 Å². The first kappa shape index (κ1) is 24.3. The summed E-state index contributed by atoms with van der Waals surface area (Å²) in [5, 5.41) is 10.4. The Bertz CT molecular complexity index is 1080. The zero-order valence-corrected chi connectivity index (χ0v) is 21.4. The Labute approximate surface area is 206 Å². The van der Waals surface area contributed by atoms with Gasteiger partial charge in [0, 0.05) is 36.0 Å². The van der Waals surface area contributed by atoms with Crippen LogP contribution < -0.4 is 0 Å². The van der Waals surface area contributed by atoms with Gasteiger partial charge in [-0.25, -0.2) is 9.59 Å². The lowest BCUT2D eigenvalue weighted by Crippen LogP contribution is -2.63. The van der Waals surface area contributed by atoms with Crippen molar-refractivity contribution in [1.29, 1.82) is 0 Å². The van der Waals surface area contributed by atoms with Gasteiger partial charge < -0.3 is 19.3 Å². The highest BCUT2D eigenvalue weighted by Crippen LogP contribution is 2.71. The highest BCUT2D eigenvalue weighted by molar-refractivity contribution is 5.86. The van der Waals surface area contributed by atoms with Crippen molar-refractivity contribution in [3.63, 3.8) is 0 Å². The molecule has 0 spiro atoms. The molecule has 2 saturated carbocycles. The molecule has 8 atom stereocenters. The zero-order chi connectivity index (χ0) is 25.6. The number of carbonyl (C=O) groups is 3. The molecule has 3 aliphatic carbocycles. The Morgan fingerprint density at radius 3 is 2.46 bits per heavy atom. The molecule has 0 aromatic rings. The van der Waals surface area contributed by atoms with Crippen molar-refractivity contribution in [1.82, 2.24) is 0 Å². The summed E-state index contributed by atoms with van der Waals surface area (Å²) in [7, 11) is 0. The minimum Gasteiger partial charge on any atom is -0.462 e. The van der Waals surface area contributed by atoms with Crippen LogP contribution in [0.15, 0.2) is 35.5 Å². The fourth-order valence-corrected chi connectivity index (χ4v) is 8.75. The number of fused-ring (bicyclic) bond motifs is 5.